The van der Waals surface area contributed by atoms with Crippen molar-refractivity contribution in [2.24, 2.45) is 0 Å². The third-order valence-electron chi connectivity index (χ3n) is 1.57. The highest BCUT2D eigenvalue weighted by Gasteiger charge is 2.05. The molecule has 0 saturated carbocycles. The number of aliphatic hydroxyl groups excluding tert-OH is 1. The van der Waals surface area contributed by atoms with E-state index in [1.165, 1.54) is 10.7 Å². The second-order valence-electron chi connectivity index (χ2n) is 2.86. The number of hydrogen-bond acceptors (Lipinski definition) is 3. The lowest BCUT2D eigenvalue weighted by Crippen LogP contribution is -2.29. The number of rotatable bonds is 3. The first kappa shape index (κ1) is 10.2. The maximum atomic E-state index is 11.2. The van der Waals surface area contributed by atoms with Crippen molar-refractivity contribution >= 4 is 11.6 Å². The van der Waals surface area contributed by atoms with Crippen LogP contribution in [-0.4, -0.2) is 26.9 Å². The fourth-order valence-electron chi connectivity index (χ4n) is 0.910. The van der Waals surface area contributed by atoms with Gasteiger partial charge in [0.25, 0.3) is 5.56 Å². The van der Waals surface area contributed by atoms with Crippen LogP contribution in [0, 0.1) is 6.92 Å². The van der Waals surface area contributed by atoms with Gasteiger partial charge in [-0.2, -0.15) is 5.10 Å². The second kappa shape index (κ2) is 4.39. The molecule has 1 heterocycles. The molecule has 1 rings (SSSR count). The minimum absolute atomic E-state index is 0.0992. The summed E-state index contributed by atoms with van der Waals surface area (Å²) < 4.78 is 1.19. The van der Waals surface area contributed by atoms with E-state index in [9.17, 15) is 9.90 Å². The monoisotopic (exact) mass is 202 g/mol. The molecule has 0 aliphatic rings. The van der Waals surface area contributed by atoms with E-state index in [2.05, 4.69) is 5.10 Å². The van der Waals surface area contributed by atoms with Crippen LogP contribution in [0.3, 0.4) is 0 Å². The summed E-state index contributed by atoms with van der Waals surface area (Å²) in [4.78, 5) is 11.2. The molecule has 13 heavy (non-hydrogen) atoms. The minimum atomic E-state index is -0.727. The van der Waals surface area contributed by atoms with Gasteiger partial charge in [-0.25, -0.2) is 4.68 Å². The number of halogens is 1. The Balaban J connectivity index is 2.84. The van der Waals surface area contributed by atoms with Gasteiger partial charge in [0.1, 0.15) is 0 Å². The smallest absolute Gasteiger partial charge is 0.267 e. The Morgan fingerprint density at radius 1 is 1.77 bits per heavy atom. The quantitative estimate of drug-likeness (QED) is 0.710. The van der Waals surface area contributed by atoms with E-state index in [1.807, 2.05) is 0 Å². The molecule has 1 unspecified atom stereocenters. The zero-order valence-electron chi connectivity index (χ0n) is 7.27. The summed E-state index contributed by atoms with van der Waals surface area (Å²) in [6.07, 6.45) is 0.845. The van der Waals surface area contributed by atoms with Crippen molar-refractivity contribution in [3.8, 4) is 0 Å². The van der Waals surface area contributed by atoms with Crippen LogP contribution in [0.5, 0.6) is 0 Å². The Kier molecular flexibility index (Phi) is 3.45. The number of aromatic nitrogens is 2. The molecule has 0 amide bonds. The maximum absolute atomic E-state index is 11.2. The van der Waals surface area contributed by atoms with E-state index in [0.717, 1.165) is 5.56 Å². The third-order valence-corrected chi connectivity index (χ3v) is 1.92. The molecule has 0 aliphatic heterocycles. The van der Waals surface area contributed by atoms with Crippen molar-refractivity contribution in [3.63, 3.8) is 0 Å². The van der Waals surface area contributed by atoms with Crippen LogP contribution >= 0.6 is 11.6 Å². The van der Waals surface area contributed by atoms with Crippen molar-refractivity contribution in [3.05, 3.63) is 28.2 Å². The summed E-state index contributed by atoms with van der Waals surface area (Å²) in [6, 6.07) is 1.47. The normalized spacial score (nSPS) is 12.8. The number of hydrogen-bond donors (Lipinski definition) is 1. The Morgan fingerprint density at radius 3 is 3.00 bits per heavy atom. The Morgan fingerprint density at radius 2 is 2.46 bits per heavy atom. The van der Waals surface area contributed by atoms with Crippen molar-refractivity contribution in [1.82, 2.24) is 9.78 Å². The van der Waals surface area contributed by atoms with Crippen LogP contribution in [0.2, 0.25) is 0 Å². The van der Waals surface area contributed by atoms with Crippen LogP contribution in [0.4, 0.5) is 0 Å². The molecule has 5 heteroatoms. The largest absolute Gasteiger partial charge is 0.390 e. The Bertz CT molecular complexity index is 337. The molecule has 0 saturated heterocycles. The fraction of sp³-hybridized carbons (Fsp3) is 0.500. The Hall–Kier alpha value is -0.870. The van der Waals surface area contributed by atoms with E-state index in [4.69, 9.17) is 11.6 Å². The average molecular weight is 203 g/mol. The van der Waals surface area contributed by atoms with Crippen molar-refractivity contribution in [1.29, 1.82) is 0 Å². The topological polar surface area (TPSA) is 55.1 Å². The highest BCUT2D eigenvalue weighted by atomic mass is 35.5. The summed E-state index contributed by atoms with van der Waals surface area (Å²) in [5, 5.41) is 13.0. The molecule has 0 spiro atoms. The minimum Gasteiger partial charge on any atom is -0.390 e. The molecule has 72 valence electrons. The van der Waals surface area contributed by atoms with Gasteiger partial charge in [-0.3, -0.25) is 4.79 Å². The van der Waals surface area contributed by atoms with Crippen LogP contribution < -0.4 is 5.56 Å². The zero-order chi connectivity index (χ0) is 9.84. The second-order valence-corrected chi connectivity index (χ2v) is 3.17. The lowest BCUT2D eigenvalue weighted by Gasteiger charge is -2.07. The molecular formula is C8H11ClN2O2. The Labute approximate surface area is 80.8 Å². The van der Waals surface area contributed by atoms with Gasteiger partial charge in [0.05, 0.1) is 24.7 Å². The van der Waals surface area contributed by atoms with Crippen LogP contribution in [0.25, 0.3) is 0 Å². The number of aliphatic hydroxyl groups is 1. The van der Waals surface area contributed by atoms with E-state index in [-0.39, 0.29) is 18.0 Å². The predicted molar refractivity (Wildman–Crippen MR) is 50.0 cm³/mol. The number of aryl methyl sites for hydroxylation is 1. The molecule has 1 aromatic rings. The van der Waals surface area contributed by atoms with Crippen molar-refractivity contribution in [2.75, 3.05) is 5.88 Å². The van der Waals surface area contributed by atoms with Gasteiger partial charge < -0.3 is 5.11 Å². The molecule has 1 N–H and O–H groups in total. The van der Waals surface area contributed by atoms with Gasteiger partial charge in [-0.15, -0.1) is 11.6 Å². The third kappa shape index (κ3) is 2.82. The van der Waals surface area contributed by atoms with E-state index in [1.54, 1.807) is 13.1 Å². The number of nitrogens with zero attached hydrogens (tertiary/aromatic N) is 2. The first-order valence-electron chi connectivity index (χ1n) is 3.91. The lowest BCUT2D eigenvalue weighted by atomic mass is 10.3. The predicted octanol–water partition coefficient (Wildman–Crippen LogP) is 0.151. The lowest BCUT2D eigenvalue weighted by molar-refractivity contribution is 0.169. The summed E-state index contributed by atoms with van der Waals surface area (Å²) >= 11 is 5.39. The molecular weight excluding hydrogens is 192 g/mol. The highest BCUT2D eigenvalue weighted by molar-refractivity contribution is 6.18. The van der Waals surface area contributed by atoms with Crippen LogP contribution in [-0.2, 0) is 6.54 Å². The zero-order valence-corrected chi connectivity index (χ0v) is 8.03. The van der Waals surface area contributed by atoms with E-state index < -0.39 is 6.10 Å². The van der Waals surface area contributed by atoms with E-state index >= 15 is 0 Å². The van der Waals surface area contributed by atoms with Gasteiger partial charge in [0, 0.05) is 6.07 Å². The number of alkyl halides is 1. The van der Waals surface area contributed by atoms with Crippen molar-refractivity contribution in [2.45, 2.75) is 19.6 Å². The standard InChI is InChI=1S/C8H11ClN2O2/c1-6-2-8(13)11(10-4-6)5-7(12)3-9/h2,4,7,12H,3,5H2,1H3. The molecule has 1 atom stereocenters. The highest BCUT2D eigenvalue weighted by Crippen LogP contribution is 1.92. The molecule has 0 fully saturated rings. The van der Waals surface area contributed by atoms with Gasteiger partial charge in [0.15, 0.2) is 0 Å². The van der Waals surface area contributed by atoms with Gasteiger partial charge in [-0.1, -0.05) is 0 Å². The summed E-state index contributed by atoms with van der Waals surface area (Å²) in [5.41, 5.74) is 0.589. The fourth-order valence-corrected chi connectivity index (χ4v) is 1.01. The summed E-state index contributed by atoms with van der Waals surface area (Å²) in [7, 11) is 0. The first-order chi connectivity index (χ1) is 6.13. The summed E-state index contributed by atoms with van der Waals surface area (Å²) in [5.74, 6) is 0.0992. The van der Waals surface area contributed by atoms with E-state index in [0.29, 0.717) is 0 Å². The average Bonchev–Trinajstić information content (AvgIpc) is 2.09. The first-order valence-corrected chi connectivity index (χ1v) is 4.44. The van der Waals surface area contributed by atoms with Gasteiger partial charge in [-0.05, 0) is 12.5 Å². The maximum Gasteiger partial charge on any atom is 0.267 e. The molecule has 0 radical (unpaired) electrons. The van der Waals surface area contributed by atoms with Gasteiger partial charge in [0.2, 0.25) is 0 Å². The molecule has 0 aromatic carbocycles. The van der Waals surface area contributed by atoms with Crippen LogP contribution in [0.1, 0.15) is 5.56 Å². The molecule has 4 nitrogen and oxygen atoms in total. The molecule has 1 aromatic heterocycles. The van der Waals surface area contributed by atoms with Crippen molar-refractivity contribution < 1.29 is 5.11 Å². The van der Waals surface area contributed by atoms with Gasteiger partial charge >= 0.3 is 0 Å². The SMILES string of the molecule is Cc1cnn(CC(O)CCl)c(=O)c1. The summed E-state index contributed by atoms with van der Waals surface area (Å²) in [6.45, 7) is 1.93. The van der Waals surface area contributed by atoms with Crippen LogP contribution in [0.15, 0.2) is 17.1 Å². The molecule has 0 aliphatic carbocycles. The molecule has 0 bridgehead atoms.